The van der Waals surface area contributed by atoms with Gasteiger partial charge in [-0.2, -0.15) is 13.2 Å². The molecule has 3 aromatic carbocycles. The van der Waals surface area contributed by atoms with Gasteiger partial charge in [-0.1, -0.05) is 30.3 Å². The molecule has 0 saturated heterocycles. The highest BCUT2D eigenvalue weighted by Crippen LogP contribution is 2.41. The Labute approximate surface area is 198 Å². The molecule has 182 valence electrons. The SMILES string of the molecule is COC(=O)C1=C(C(=O)OC)N(c2cc(C(F)(F)F)ccc2Oc2ccc3ccccc3c2)COC1. The highest BCUT2D eigenvalue weighted by Gasteiger charge is 2.36. The molecule has 0 spiro atoms. The van der Waals surface area contributed by atoms with Crippen molar-refractivity contribution in [1.82, 2.24) is 0 Å². The molecule has 0 fully saturated rings. The van der Waals surface area contributed by atoms with E-state index < -0.39 is 23.7 Å². The largest absolute Gasteiger partial charge is 0.466 e. The van der Waals surface area contributed by atoms with Gasteiger partial charge in [-0.05, 0) is 41.1 Å². The second-order valence-electron chi connectivity index (χ2n) is 7.51. The Morgan fingerprint density at radius 2 is 1.63 bits per heavy atom. The highest BCUT2D eigenvalue weighted by atomic mass is 19.4. The Morgan fingerprint density at radius 1 is 0.914 bits per heavy atom. The number of hydrogen-bond acceptors (Lipinski definition) is 7. The van der Waals surface area contributed by atoms with Crippen LogP contribution >= 0.6 is 0 Å². The summed E-state index contributed by atoms with van der Waals surface area (Å²) in [5.74, 6) is -1.45. The molecule has 10 heteroatoms. The fourth-order valence-corrected chi connectivity index (χ4v) is 3.68. The molecule has 35 heavy (non-hydrogen) atoms. The van der Waals surface area contributed by atoms with Gasteiger partial charge in [0.05, 0.1) is 37.7 Å². The smallest absolute Gasteiger partial charge is 0.416 e. The Balaban J connectivity index is 1.86. The summed E-state index contributed by atoms with van der Waals surface area (Å²) in [5.41, 5.74) is -1.62. The lowest BCUT2D eigenvalue weighted by molar-refractivity contribution is -0.140. The van der Waals surface area contributed by atoms with Gasteiger partial charge < -0.3 is 23.8 Å². The number of rotatable bonds is 5. The molecule has 0 atom stereocenters. The summed E-state index contributed by atoms with van der Waals surface area (Å²) in [6.07, 6.45) is -4.67. The van der Waals surface area contributed by atoms with Gasteiger partial charge >= 0.3 is 18.1 Å². The molecule has 0 aliphatic carbocycles. The van der Waals surface area contributed by atoms with Crippen molar-refractivity contribution in [1.29, 1.82) is 0 Å². The molecule has 1 aliphatic rings. The van der Waals surface area contributed by atoms with Crippen LogP contribution in [0.3, 0.4) is 0 Å². The van der Waals surface area contributed by atoms with Crippen molar-refractivity contribution in [3.05, 3.63) is 77.5 Å². The van der Waals surface area contributed by atoms with Crippen LogP contribution in [0.4, 0.5) is 18.9 Å². The lowest BCUT2D eigenvalue weighted by Gasteiger charge is -2.32. The van der Waals surface area contributed by atoms with Gasteiger partial charge in [0.2, 0.25) is 0 Å². The summed E-state index contributed by atoms with van der Waals surface area (Å²) in [6.45, 7) is -0.617. The summed E-state index contributed by atoms with van der Waals surface area (Å²) >= 11 is 0. The minimum Gasteiger partial charge on any atom is -0.466 e. The lowest BCUT2D eigenvalue weighted by atomic mass is 10.1. The zero-order chi connectivity index (χ0) is 25.2. The van der Waals surface area contributed by atoms with Crippen LogP contribution < -0.4 is 9.64 Å². The Hall–Kier alpha value is -4.05. The molecule has 3 aromatic rings. The van der Waals surface area contributed by atoms with Gasteiger partial charge in [0.15, 0.2) is 5.75 Å². The number of nitrogens with zero attached hydrogens (tertiary/aromatic N) is 1. The minimum atomic E-state index is -4.67. The first kappa shape index (κ1) is 24.1. The van der Waals surface area contributed by atoms with Crippen molar-refractivity contribution >= 4 is 28.4 Å². The molecule has 0 aromatic heterocycles. The van der Waals surface area contributed by atoms with Crippen molar-refractivity contribution in [2.75, 3.05) is 32.5 Å². The Bertz CT molecular complexity index is 1320. The van der Waals surface area contributed by atoms with Crippen LogP contribution in [0.15, 0.2) is 71.9 Å². The van der Waals surface area contributed by atoms with Gasteiger partial charge in [0.1, 0.15) is 18.2 Å². The molecular formula is C25H20F3NO6. The number of anilines is 1. The van der Waals surface area contributed by atoms with Gasteiger partial charge in [-0.25, -0.2) is 9.59 Å². The van der Waals surface area contributed by atoms with Gasteiger partial charge in [0, 0.05) is 0 Å². The number of benzene rings is 3. The molecule has 0 unspecified atom stereocenters. The minimum absolute atomic E-state index is 0.00407. The number of esters is 2. The quantitative estimate of drug-likeness (QED) is 0.467. The second kappa shape index (κ2) is 9.67. The van der Waals surface area contributed by atoms with E-state index in [9.17, 15) is 22.8 Å². The number of methoxy groups -OCH3 is 2. The van der Waals surface area contributed by atoms with Crippen LogP contribution in [0.25, 0.3) is 10.8 Å². The standard InChI is InChI=1S/C25H20F3NO6/c1-32-23(30)19-13-34-14-29(22(19)24(31)33-2)20-12-17(25(26,27)28)8-10-21(20)35-18-9-7-15-5-3-4-6-16(15)11-18/h3-12H,13-14H2,1-2H3. The molecule has 0 N–H and O–H groups in total. The Morgan fingerprint density at radius 3 is 2.31 bits per heavy atom. The maximum Gasteiger partial charge on any atom is 0.416 e. The van der Waals surface area contributed by atoms with Crippen LogP contribution in [-0.2, 0) is 30.0 Å². The summed E-state index contributed by atoms with van der Waals surface area (Å²) in [4.78, 5) is 26.0. The predicted molar refractivity (Wildman–Crippen MR) is 120 cm³/mol. The van der Waals surface area contributed by atoms with Crippen LogP contribution in [0.2, 0.25) is 0 Å². The average Bonchev–Trinajstić information content (AvgIpc) is 2.86. The second-order valence-corrected chi connectivity index (χ2v) is 7.51. The van der Waals surface area contributed by atoms with Crippen molar-refractivity contribution in [3.63, 3.8) is 0 Å². The summed E-state index contributed by atoms with van der Waals surface area (Å²) < 4.78 is 61.6. The van der Waals surface area contributed by atoms with E-state index in [0.29, 0.717) is 5.75 Å². The third-order valence-electron chi connectivity index (χ3n) is 5.36. The number of fused-ring (bicyclic) bond motifs is 1. The Kier molecular flexibility index (Phi) is 6.65. The van der Waals surface area contributed by atoms with Crippen molar-refractivity contribution in [2.24, 2.45) is 0 Å². The number of hydrogen-bond donors (Lipinski definition) is 0. The summed E-state index contributed by atoms with van der Waals surface area (Å²) in [6, 6.07) is 15.6. The van der Waals surface area contributed by atoms with E-state index in [-0.39, 0.29) is 36.0 Å². The van der Waals surface area contributed by atoms with E-state index in [4.69, 9.17) is 18.9 Å². The normalized spacial score (nSPS) is 14.1. The first-order chi connectivity index (χ1) is 16.7. The third-order valence-corrected chi connectivity index (χ3v) is 5.36. The lowest BCUT2D eigenvalue weighted by Crippen LogP contribution is -2.39. The fourth-order valence-electron chi connectivity index (χ4n) is 3.68. The molecule has 0 radical (unpaired) electrons. The number of carbonyl (C=O) groups is 2. The van der Waals surface area contributed by atoms with E-state index >= 15 is 0 Å². The van der Waals surface area contributed by atoms with Crippen molar-refractivity contribution < 1.29 is 41.7 Å². The molecule has 0 amide bonds. The molecule has 1 heterocycles. The van der Waals surface area contributed by atoms with Crippen molar-refractivity contribution in [3.8, 4) is 11.5 Å². The topological polar surface area (TPSA) is 74.3 Å². The first-order valence-electron chi connectivity index (χ1n) is 10.4. The van der Waals surface area contributed by atoms with Crippen LogP contribution in [0.1, 0.15) is 5.56 Å². The van der Waals surface area contributed by atoms with E-state index in [0.717, 1.165) is 48.1 Å². The van der Waals surface area contributed by atoms with E-state index in [2.05, 4.69) is 0 Å². The number of alkyl halides is 3. The predicted octanol–water partition coefficient (Wildman–Crippen LogP) is 5.05. The zero-order valence-corrected chi connectivity index (χ0v) is 18.7. The first-order valence-corrected chi connectivity index (χ1v) is 10.4. The highest BCUT2D eigenvalue weighted by molar-refractivity contribution is 6.03. The van der Waals surface area contributed by atoms with Crippen molar-refractivity contribution in [2.45, 2.75) is 6.18 Å². The molecule has 4 rings (SSSR count). The molecule has 0 bridgehead atoms. The van der Waals surface area contributed by atoms with Crippen LogP contribution in [0, 0.1) is 0 Å². The van der Waals surface area contributed by atoms with Crippen LogP contribution in [0.5, 0.6) is 11.5 Å². The monoisotopic (exact) mass is 487 g/mol. The zero-order valence-electron chi connectivity index (χ0n) is 18.7. The third kappa shape index (κ3) is 4.92. The van der Waals surface area contributed by atoms with E-state index in [1.165, 1.54) is 0 Å². The number of halogens is 3. The van der Waals surface area contributed by atoms with Gasteiger partial charge in [0.25, 0.3) is 0 Å². The average molecular weight is 487 g/mol. The molecular weight excluding hydrogens is 467 g/mol. The molecule has 7 nitrogen and oxygen atoms in total. The van der Waals surface area contributed by atoms with Gasteiger partial charge in [-0.3, -0.25) is 0 Å². The maximum absolute atomic E-state index is 13.6. The number of ether oxygens (including phenoxy) is 4. The van der Waals surface area contributed by atoms with E-state index in [1.807, 2.05) is 30.3 Å². The summed E-state index contributed by atoms with van der Waals surface area (Å²) in [5, 5.41) is 1.82. The number of carbonyl (C=O) groups excluding carboxylic acids is 2. The van der Waals surface area contributed by atoms with E-state index in [1.54, 1.807) is 12.1 Å². The maximum atomic E-state index is 13.6. The summed E-state index contributed by atoms with van der Waals surface area (Å²) in [7, 11) is 2.21. The fraction of sp³-hybridized carbons (Fsp3) is 0.200. The molecule has 1 aliphatic heterocycles. The molecule has 0 saturated carbocycles. The van der Waals surface area contributed by atoms with Crippen LogP contribution in [-0.4, -0.2) is 39.5 Å². The van der Waals surface area contributed by atoms with Gasteiger partial charge in [-0.15, -0.1) is 0 Å².